The highest BCUT2D eigenvalue weighted by Gasteiger charge is 2.35. The molecule has 1 aromatic rings. The Bertz CT molecular complexity index is 590. The van der Waals surface area contributed by atoms with Gasteiger partial charge in [0.05, 0.1) is 7.11 Å². The van der Waals surface area contributed by atoms with Gasteiger partial charge < -0.3 is 10.5 Å². The lowest BCUT2D eigenvalue weighted by Gasteiger charge is -2.19. The molecule has 1 aromatic carbocycles. The van der Waals surface area contributed by atoms with Crippen LogP contribution in [-0.2, 0) is 10.0 Å². The molecule has 0 aliphatic carbocycles. The Kier molecular flexibility index (Phi) is 6.04. The number of aryl methyl sites for hydroxylation is 1. The Morgan fingerprint density at radius 3 is 2.62 bits per heavy atom. The van der Waals surface area contributed by atoms with E-state index in [1.165, 1.54) is 11.4 Å². The Hall–Kier alpha value is -0.820. The van der Waals surface area contributed by atoms with E-state index >= 15 is 0 Å². The number of halogens is 1. The molecule has 7 heteroatoms. The number of hydrogen-bond acceptors (Lipinski definition) is 4. The predicted molar refractivity (Wildman–Crippen MR) is 85.5 cm³/mol. The van der Waals surface area contributed by atoms with E-state index in [4.69, 9.17) is 10.5 Å². The fraction of sp³-hybridized carbons (Fsp3) is 0.571. The average Bonchev–Trinajstić information content (AvgIpc) is 2.89. The molecular formula is C14H23ClN2O3S. The minimum atomic E-state index is -3.52. The molecule has 0 amide bonds. The molecule has 120 valence electrons. The standard InChI is InChI=1S/C14H22N2O3S.ClH/c1-10-4-5-13(19-3)14(8-10)20(17,18)16-7-6-12(9-16)11(2)15;/h4-5,8,11-12H,6-7,9,15H2,1-3H3;1H. The summed E-state index contributed by atoms with van der Waals surface area (Å²) in [6.45, 7) is 4.80. The fourth-order valence-electron chi connectivity index (χ4n) is 2.53. The molecular weight excluding hydrogens is 312 g/mol. The molecule has 5 nitrogen and oxygen atoms in total. The largest absolute Gasteiger partial charge is 0.495 e. The normalized spacial score (nSPS) is 20.9. The van der Waals surface area contributed by atoms with Gasteiger partial charge in [-0.25, -0.2) is 8.42 Å². The highest BCUT2D eigenvalue weighted by molar-refractivity contribution is 7.89. The summed E-state index contributed by atoms with van der Waals surface area (Å²) in [5.41, 5.74) is 6.77. The van der Waals surface area contributed by atoms with Gasteiger partial charge in [0.1, 0.15) is 10.6 Å². The van der Waals surface area contributed by atoms with Crippen LogP contribution >= 0.6 is 12.4 Å². The molecule has 2 atom stereocenters. The van der Waals surface area contributed by atoms with Crippen LogP contribution in [-0.4, -0.2) is 39.0 Å². The van der Waals surface area contributed by atoms with Crippen LogP contribution in [0, 0.1) is 12.8 Å². The number of benzene rings is 1. The van der Waals surface area contributed by atoms with Gasteiger partial charge >= 0.3 is 0 Å². The molecule has 0 radical (unpaired) electrons. The molecule has 1 heterocycles. The minimum Gasteiger partial charge on any atom is -0.495 e. The van der Waals surface area contributed by atoms with Crippen molar-refractivity contribution in [1.29, 1.82) is 0 Å². The molecule has 1 saturated heterocycles. The van der Waals surface area contributed by atoms with Gasteiger partial charge in [-0.15, -0.1) is 12.4 Å². The van der Waals surface area contributed by atoms with Crippen LogP contribution in [0.5, 0.6) is 5.75 Å². The topological polar surface area (TPSA) is 72.6 Å². The van der Waals surface area contributed by atoms with E-state index in [-0.39, 0.29) is 29.3 Å². The predicted octanol–water partition coefficient (Wildman–Crippen LogP) is 1.78. The lowest BCUT2D eigenvalue weighted by atomic mass is 10.0. The van der Waals surface area contributed by atoms with E-state index < -0.39 is 10.0 Å². The van der Waals surface area contributed by atoms with E-state index in [0.29, 0.717) is 18.8 Å². The van der Waals surface area contributed by atoms with E-state index in [0.717, 1.165) is 12.0 Å². The third kappa shape index (κ3) is 3.69. The first-order valence-corrected chi connectivity index (χ1v) is 8.20. The van der Waals surface area contributed by atoms with Crippen LogP contribution in [0.15, 0.2) is 23.1 Å². The first kappa shape index (κ1) is 18.2. The van der Waals surface area contributed by atoms with Gasteiger partial charge in [-0.3, -0.25) is 0 Å². The SMILES string of the molecule is COc1ccc(C)cc1S(=O)(=O)N1CCC(C(C)N)C1.Cl. The fourth-order valence-corrected chi connectivity index (χ4v) is 4.28. The van der Waals surface area contributed by atoms with Gasteiger partial charge in [0.25, 0.3) is 0 Å². The van der Waals surface area contributed by atoms with Gasteiger partial charge in [-0.2, -0.15) is 4.31 Å². The summed E-state index contributed by atoms with van der Waals surface area (Å²) in [6, 6.07) is 5.20. The summed E-state index contributed by atoms with van der Waals surface area (Å²) < 4.78 is 32.2. The third-order valence-electron chi connectivity index (χ3n) is 3.87. The molecule has 1 fully saturated rings. The molecule has 2 unspecified atom stereocenters. The molecule has 1 aliphatic rings. The Morgan fingerprint density at radius 2 is 2.10 bits per heavy atom. The van der Waals surface area contributed by atoms with Crippen LogP contribution in [0.25, 0.3) is 0 Å². The van der Waals surface area contributed by atoms with Crippen LogP contribution < -0.4 is 10.5 Å². The first-order chi connectivity index (χ1) is 9.36. The van der Waals surface area contributed by atoms with Crippen molar-refractivity contribution in [3.05, 3.63) is 23.8 Å². The first-order valence-electron chi connectivity index (χ1n) is 6.76. The second kappa shape index (κ2) is 6.96. The maximum atomic E-state index is 12.7. The monoisotopic (exact) mass is 334 g/mol. The Morgan fingerprint density at radius 1 is 1.43 bits per heavy atom. The number of hydrogen-bond donors (Lipinski definition) is 1. The van der Waals surface area contributed by atoms with E-state index in [9.17, 15) is 8.42 Å². The maximum absolute atomic E-state index is 12.7. The highest BCUT2D eigenvalue weighted by atomic mass is 35.5. The second-order valence-electron chi connectivity index (χ2n) is 5.43. The molecule has 0 aromatic heterocycles. The van der Waals surface area contributed by atoms with E-state index in [1.807, 2.05) is 19.9 Å². The average molecular weight is 335 g/mol. The number of nitrogens with zero attached hydrogens (tertiary/aromatic N) is 1. The van der Waals surface area contributed by atoms with Crippen LogP contribution in [0.1, 0.15) is 18.9 Å². The summed E-state index contributed by atoms with van der Waals surface area (Å²) in [5, 5.41) is 0. The van der Waals surface area contributed by atoms with Crippen molar-refractivity contribution in [2.24, 2.45) is 11.7 Å². The number of ether oxygens (including phenoxy) is 1. The molecule has 2 rings (SSSR count). The molecule has 21 heavy (non-hydrogen) atoms. The van der Waals surface area contributed by atoms with E-state index in [1.54, 1.807) is 12.1 Å². The summed E-state index contributed by atoms with van der Waals surface area (Å²) >= 11 is 0. The number of rotatable bonds is 4. The third-order valence-corrected chi connectivity index (χ3v) is 5.75. The van der Waals surface area contributed by atoms with Crippen molar-refractivity contribution in [3.63, 3.8) is 0 Å². The highest BCUT2D eigenvalue weighted by Crippen LogP contribution is 2.31. The van der Waals surface area contributed by atoms with Gasteiger partial charge in [0, 0.05) is 19.1 Å². The van der Waals surface area contributed by atoms with Crippen molar-refractivity contribution < 1.29 is 13.2 Å². The minimum absolute atomic E-state index is 0. The zero-order valence-corrected chi connectivity index (χ0v) is 14.2. The van der Waals surface area contributed by atoms with Crippen molar-refractivity contribution in [1.82, 2.24) is 4.31 Å². The van der Waals surface area contributed by atoms with Crippen LogP contribution in [0.3, 0.4) is 0 Å². The number of nitrogens with two attached hydrogens (primary N) is 1. The van der Waals surface area contributed by atoms with Crippen molar-refractivity contribution >= 4 is 22.4 Å². The van der Waals surface area contributed by atoms with Gasteiger partial charge in [0.2, 0.25) is 10.0 Å². The summed E-state index contributed by atoms with van der Waals surface area (Å²) in [7, 11) is -2.03. The molecule has 1 aliphatic heterocycles. The smallest absolute Gasteiger partial charge is 0.246 e. The lowest BCUT2D eigenvalue weighted by Crippen LogP contribution is -2.33. The van der Waals surface area contributed by atoms with Crippen molar-refractivity contribution in [3.8, 4) is 5.75 Å². The van der Waals surface area contributed by atoms with Gasteiger partial charge in [-0.05, 0) is 43.9 Å². The van der Waals surface area contributed by atoms with Crippen LogP contribution in [0.4, 0.5) is 0 Å². The lowest BCUT2D eigenvalue weighted by molar-refractivity contribution is 0.395. The maximum Gasteiger partial charge on any atom is 0.246 e. The summed E-state index contributed by atoms with van der Waals surface area (Å²) in [4.78, 5) is 0.241. The summed E-state index contributed by atoms with van der Waals surface area (Å²) in [6.07, 6.45) is 0.811. The molecule has 0 bridgehead atoms. The van der Waals surface area contributed by atoms with Gasteiger partial charge in [0.15, 0.2) is 0 Å². The van der Waals surface area contributed by atoms with Gasteiger partial charge in [-0.1, -0.05) is 6.07 Å². The number of sulfonamides is 1. The zero-order chi connectivity index (χ0) is 14.9. The summed E-state index contributed by atoms with van der Waals surface area (Å²) in [5.74, 6) is 0.612. The Balaban J connectivity index is 0.00000220. The molecule has 0 spiro atoms. The molecule has 2 N–H and O–H groups in total. The quantitative estimate of drug-likeness (QED) is 0.911. The number of methoxy groups -OCH3 is 1. The Labute approximate surface area is 132 Å². The second-order valence-corrected chi connectivity index (χ2v) is 7.33. The molecule has 0 saturated carbocycles. The van der Waals surface area contributed by atoms with Crippen molar-refractivity contribution in [2.45, 2.75) is 31.2 Å². The van der Waals surface area contributed by atoms with Crippen molar-refractivity contribution in [2.75, 3.05) is 20.2 Å². The van der Waals surface area contributed by atoms with Crippen LogP contribution in [0.2, 0.25) is 0 Å². The zero-order valence-electron chi connectivity index (χ0n) is 12.6. The van der Waals surface area contributed by atoms with E-state index in [2.05, 4.69) is 0 Å².